The van der Waals surface area contributed by atoms with Gasteiger partial charge in [-0.05, 0) is 60.8 Å². The Bertz CT molecular complexity index is 373. The van der Waals surface area contributed by atoms with Gasteiger partial charge < -0.3 is 25.8 Å². The molecule has 0 saturated carbocycles. The second kappa shape index (κ2) is 9.60. The Hall–Kier alpha value is -1.50. The van der Waals surface area contributed by atoms with Crippen LogP contribution in [-0.2, 0) is 9.47 Å². The van der Waals surface area contributed by atoms with E-state index in [4.69, 9.17) is 15.2 Å². The Morgan fingerprint density at radius 2 is 1.48 bits per heavy atom. The molecule has 1 atom stereocenters. The van der Waals surface area contributed by atoms with E-state index in [9.17, 15) is 9.59 Å². The zero-order valence-electron chi connectivity index (χ0n) is 15.3. The van der Waals surface area contributed by atoms with Crippen LogP contribution in [0.4, 0.5) is 9.59 Å². The highest BCUT2D eigenvalue weighted by Crippen LogP contribution is 2.08. The minimum atomic E-state index is -0.527. The Morgan fingerprint density at radius 1 is 0.957 bits per heavy atom. The maximum absolute atomic E-state index is 11.7. The number of carbonyl (C=O) groups excluding carboxylic acids is 2. The summed E-state index contributed by atoms with van der Waals surface area (Å²) in [5, 5.41) is 5.45. The first-order valence-electron chi connectivity index (χ1n) is 8.09. The number of rotatable bonds is 7. The summed E-state index contributed by atoms with van der Waals surface area (Å²) in [5.41, 5.74) is 4.64. The smallest absolute Gasteiger partial charge is 0.407 e. The lowest BCUT2D eigenvalue weighted by atomic mass is 10.1. The van der Waals surface area contributed by atoms with Gasteiger partial charge in [0.15, 0.2) is 0 Å². The molecule has 0 aliphatic rings. The fraction of sp³-hybridized carbons (Fsp3) is 0.875. The van der Waals surface area contributed by atoms with Gasteiger partial charge in [-0.2, -0.15) is 0 Å². The van der Waals surface area contributed by atoms with Crippen LogP contribution in [0, 0.1) is 0 Å². The first-order chi connectivity index (χ1) is 10.4. The van der Waals surface area contributed by atoms with Gasteiger partial charge in [0.1, 0.15) is 11.2 Å². The van der Waals surface area contributed by atoms with E-state index in [-0.39, 0.29) is 6.04 Å². The third kappa shape index (κ3) is 13.9. The summed E-state index contributed by atoms with van der Waals surface area (Å²) in [4.78, 5) is 23.1. The third-order valence-electron chi connectivity index (χ3n) is 2.65. The number of amides is 2. The SMILES string of the molecule is CC(C)(C)OC(=O)NCCCC[C@H](CN)NC(=O)OC(C)(C)C. The number of nitrogens with one attached hydrogen (secondary N) is 2. The molecule has 0 spiro atoms. The second-order valence-electron chi connectivity index (χ2n) is 7.50. The average Bonchev–Trinajstić information content (AvgIpc) is 2.32. The Balaban J connectivity index is 3.88. The standard InChI is InChI=1S/C16H33N3O4/c1-15(2,3)22-13(20)18-10-8-7-9-12(11-17)19-14(21)23-16(4,5)6/h12H,7-11,17H2,1-6H3,(H,18,20)(H,19,21)/t12-/m1/s1. The van der Waals surface area contributed by atoms with Crippen molar-refractivity contribution in [3.05, 3.63) is 0 Å². The van der Waals surface area contributed by atoms with E-state index in [1.807, 2.05) is 41.5 Å². The summed E-state index contributed by atoms with van der Waals surface area (Å²) >= 11 is 0. The molecular formula is C16H33N3O4. The van der Waals surface area contributed by atoms with Crippen LogP contribution in [0.25, 0.3) is 0 Å². The van der Waals surface area contributed by atoms with Crippen molar-refractivity contribution in [2.24, 2.45) is 5.73 Å². The van der Waals surface area contributed by atoms with E-state index >= 15 is 0 Å². The monoisotopic (exact) mass is 331 g/mol. The van der Waals surface area contributed by atoms with Crippen molar-refractivity contribution in [3.63, 3.8) is 0 Å². The highest BCUT2D eigenvalue weighted by atomic mass is 16.6. The lowest BCUT2D eigenvalue weighted by molar-refractivity contribution is 0.0501. The van der Waals surface area contributed by atoms with Crippen molar-refractivity contribution >= 4 is 12.2 Å². The molecule has 0 heterocycles. The van der Waals surface area contributed by atoms with Gasteiger partial charge in [0, 0.05) is 19.1 Å². The molecule has 0 aromatic heterocycles. The topological polar surface area (TPSA) is 103 Å². The molecule has 0 aliphatic carbocycles. The molecule has 0 fully saturated rings. The lowest BCUT2D eigenvalue weighted by Crippen LogP contribution is -2.43. The Labute approximate surface area is 139 Å². The fourth-order valence-corrected chi connectivity index (χ4v) is 1.74. The summed E-state index contributed by atoms with van der Waals surface area (Å²) in [5.74, 6) is 0. The number of hydrogen-bond donors (Lipinski definition) is 3. The molecule has 0 aromatic carbocycles. The van der Waals surface area contributed by atoms with Crippen molar-refractivity contribution in [3.8, 4) is 0 Å². The van der Waals surface area contributed by atoms with E-state index in [0.29, 0.717) is 13.1 Å². The summed E-state index contributed by atoms with van der Waals surface area (Å²) < 4.78 is 10.3. The predicted octanol–water partition coefficient (Wildman–Crippen LogP) is 2.53. The maximum Gasteiger partial charge on any atom is 0.407 e. The van der Waals surface area contributed by atoms with E-state index in [0.717, 1.165) is 19.3 Å². The summed E-state index contributed by atoms with van der Waals surface area (Å²) in [6.07, 6.45) is 1.46. The Morgan fingerprint density at radius 3 is 1.96 bits per heavy atom. The minimum Gasteiger partial charge on any atom is -0.444 e. The molecule has 0 saturated heterocycles. The van der Waals surface area contributed by atoms with Gasteiger partial charge in [0.05, 0.1) is 0 Å². The van der Waals surface area contributed by atoms with Crippen LogP contribution in [-0.4, -0.2) is 42.5 Å². The molecule has 0 radical (unpaired) electrons. The molecule has 0 unspecified atom stereocenters. The van der Waals surface area contributed by atoms with Crippen LogP contribution in [0.2, 0.25) is 0 Å². The first-order valence-corrected chi connectivity index (χ1v) is 8.09. The van der Waals surface area contributed by atoms with Crippen molar-refractivity contribution in [2.75, 3.05) is 13.1 Å². The number of carbonyl (C=O) groups is 2. The molecule has 7 nitrogen and oxygen atoms in total. The Kier molecular flexibility index (Phi) is 8.97. The van der Waals surface area contributed by atoms with Crippen molar-refractivity contribution in [1.29, 1.82) is 0 Å². The lowest BCUT2D eigenvalue weighted by Gasteiger charge is -2.23. The van der Waals surface area contributed by atoms with Gasteiger partial charge >= 0.3 is 12.2 Å². The molecule has 23 heavy (non-hydrogen) atoms. The largest absolute Gasteiger partial charge is 0.444 e. The van der Waals surface area contributed by atoms with E-state index in [1.165, 1.54) is 0 Å². The van der Waals surface area contributed by atoms with Crippen LogP contribution in [0.1, 0.15) is 60.8 Å². The molecule has 7 heteroatoms. The average molecular weight is 331 g/mol. The molecule has 0 aliphatic heterocycles. The van der Waals surface area contributed by atoms with Crippen molar-refractivity contribution in [1.82, 2.24) is 10.6 Å². The zero-order chi connectivity index (χ0) is 18.1. The normalized spacial score (nSPS) is 13.2. The van der Waals surface area contributed by atoms with Crippen molar-refractivity contribution < 1.29 is 19.1 Å². The van der Waals surface area contributed by atoms with Crippen LogP contribution in [0.3, 0.4) is 0 Å². The first kappa shape index (κ1) is 21.5. The van der Waals surface area contributed by atoms with Gasteiger partial charge in [-0.25, -0.2) is 9.59 Å². The van der Waals surface area contributed by atoms with Gasteiger partial charge in [-0.15, -0.1) is 0 Å². The molecule has 0 aromatic rings. The molecular weight excluding hydrogens is 298 g/mol. The second-order valence-corrected chi connectivity index (χ2v) is 7.50. The molecule has 0 bridgehead atoms. The van der Waals surface area contributed by atoms with Crippen LogP contribution in [0.5, 0.6) is 0 Å². The number of hydrogen-bond acceptors (Lipinski definition) is 5. The summed E-state index contributed by atoms with van der Waals surface area (Å²) in [6.45, 7) is 11.8. The van der Waals surface area contributed by atoms with Gasteiger partial charge in [-0.3, -0.25) is 0 Å². The number of nitrogens with two attached hydrogens (primary N) is 1. The zero-order valence-corrected chi connectivity index (χ0v) is 15.3. The van der Waals surface area contributed by atoms with E-state index in [1.54, 1.807) is 0 Å². The van der Waals surface area contributed by atoms with Gasteiger partial charge in [0.25, 0.3) is 0 Å². The molecule has 136 valence electrons. The highest BCUT2D eigenvalue weighted by molar-refractivity contribution is 5.68. The summed E-state index contributed by atoms with van der Waals surface area (Å²) in [6, 6.07) is -0.133. The summed E-state index contributed by atoms with van der Waals surface area (Å²) in [7, 11) is 0. The van der Waals surface area contributed by atoms with Gasteiger partial charge in [0.2, 0.25) is 0 Å². The molecule has 0 rings (SSSR count). The molecule has 4 N–H and O–H groups in total. The minimum absolute atomic E-state index is 0.133. The highest BCUT2D eigenvalue weighted by Gasteiger charge is 2.19. The van der Waals surface area contributed by atoms with Gasteiger partial charge in [-0.1, -0.05) is 0 Å². The van der Waals surface area contributed by atoms with E-state index in [2.05, 4.69) is 10.6 Å². The van der Waals surface area contributed by atoms with Crippen LogP contribution >= 0.6 is 0 Å². The quantitative estimate of drug-likeness (QED) is 0.622. The molecule has 2 amide bonds. The maximum atomic E-state index is 11.7. The predicted molar refractivity (Wildman–Crippen MR) is 90.3 cm³/mol. The third-order valence-corrected chi connectivity index (χ3v) is 2.65. The van der Waals surface area contributed by atoms with E-state index < -0.39 is 23.4 Å². The number of ether oxygens (including phenoxy) is 2. The fourth-order valence-electron chi connectivity index (χ4n) is 1.74. The van der Waals surface area contributed by atoms with Crippen molar-refractivity contribution in [2.45, 2.75) is 78.0 Å². The number of alkyl carbamates (subject to hydrolysis) is 2. The van der Waals surface area contributed by atoms with Crippen LogP contribution in [0.15, 0.2) is 0 Å². The number of unbranched alkanes of at least 4 members (excludes halogenated alkanes) is 1. The van der Waals surface area contributed by atoms with Crippen LogP contribution < -0.4 is 16.4 Å².